The van der Waals surface area contributed by atoms with Gasteiger partial charge in [0.25, 0.3) is 0 Å². The molecule has 0 aliphatic heterocycles. The average Bonchev–Trinajstić information content (AvgIpc) is 2.82. The quantitative estimate of drug-likeness (QED) is 0.786. The summed E-state index contributed by atoms with van der Waals surface area (Å²) in [7, 11) is 0. The summed E-state index contributed by atoms with van der Waals surface area (Å²) in [5, 5.41) is 3.46. The Kier molecular flexibility index (Phi) is 2.82. The van der Waals surface area contributed by atoms with E-state index in [1.807, 2.05) is 13.0 Å². The van der Waals surface area contributed by atoms with E-state index >= 15 is 0 Å². The minimum absolute atomic E-state index is 0.908. The highest BCUT2D eigenvalue weighted by atomic mass is 14.9. The van der Waals surface area contributed by atoms with Crippen molar-refractivity contribution in [3.8, 4) is 0 Å². The number of hydrogen-bond donors (Lipinski definition) is 1. The molecule has 0 amide bonds. The van der Waals surface area contributed by atoms with Crippen molar-refractivity contribution in [3.05, 3.63) is 29.6 Å². The van der Waals surface area contributed by atoms with Crippen LogP contribution in [0.2, 0.25) is 0 Å². The van der Waals surface area contributed by atoms with E-state index < -0.39 is 0 Å². The molecule has 1 saturated carbocycles. The van der Waals surface area contributed by atoms with Gasteiger partial charge in [0.1, 0.15) is 0 Å². The summed E-state index contributed by atoms with van der Waals surface area (Å²) in [6.07, 6.45) is 1.40. The van der Waals surface area contributed by atoms with Gasteiger partial charge in [-0.25, -0.2) is 0 Å². The molecule has 2 nitrogen and oxygen atoms in total. The molecule has 14 heavy (non-hydrogen) atoms. The fourth-order valence-corrected chi connectivity index (χ4v) is 1.77. The van der Waals surface area contributed by atoms with E-state index in [-0.39, 0.29) is 0 Å². The summed E-state index contributed by atoms with van der Waals surface area (Å²) in [6, 6.07) is 6.18. The molecule has 1 fully saturated rings. The Morgan fingerprint density at radius 2 is 2.29 bits per heavy atom. The summed E-state index contributed by atoms with van der Waals surface area (Å²) >= 11 is 0. The number of nitrogens with one attached hydrogen (secondary N) is 1. The van der Waals surface area contributed by atoms with Crippen LogP contribution in [0.5, 0.6) is 0 Å². The van der Waals surface area contributed by atoms with Crippen molar-refractivity contribution in [1.29, 1.82) is 0 Å². The van der Waals surface area contributed by atoms with Crippen LogP contribution in [-0.4, -0.2) is 11.5 Å². The minimum Gasteiger partial charge on any atom is -0.311 e. The number of nitrogens with zero attached hydrogens (tertiary/aromatic N) is 1. The molecule has 1 N–H and O–H groups in total. The van der Waals surface area contributed by atoms with Gasteiger partial charge in [0.15, 0.2) is 0 Å². The summed E-state index contributed by atoms with van der Waals surface area (Å²) in [6.45, 7) is 6.41. The molecule has 1 aliphatic carbocycles. The predicted octanol–water partition coefficient (Wildman–Crippen LogP) is 2.14. The molecule has 0 bridgehead atoms. The Bertz CT molecular complexity index is 309. The SMILES string of the molecule is Cc1cccc(CNCC2CC2C)n1. The summed E-state index contributed by atoms with van der Waals surface area (Å²) in [5.41, 5.74) is 2.25. The Balaban J connectivity index is 1.74. The highest BCUT2D eigenvalue weighted by Gasteiger charge is 2.31. The van der Waals surface area contributed by atoms with Crippen molar-refractivity contribution in [2.75, 3.05) is 6.54 Å². The molecule has 0 spiro atoms. The van der Waals surface area contributed by atoms with Gasteiger partial charge in [-0.2, -0.15) is 0 Å². The van der Waals surface area contributed by atoms with Crippen LogP contribution >= 0.6 is 0 Å². The van der Waals surface area contributed by atoms with Gasteiger partial charge in [0.05, 0.1) is 5.69 Å². The van der Waals surface area contributed by atoms with Gasteiger partial charge in [-0.3, -0.25) is 4.98 Å². The van der Waals surface area contributed by atoms with Crippen molar-refractivity contribution >= 4 is 0 Å². The second-order valence-corrected chi connectivity index (χ2v) is 4.37. The lowest BCUT2D eigenvalue weighted by molar-refractivity contribution is 0.604. The minimum atomic E-state index is 0.908. The zero-order valence-corrected chi connectivity index (χ0v) is 8.96. The first-order valence-corrected chi connectivity index (χ1v) is 5.39. The zero-order chi connectivity index (χ0) is 9.97. The lowest BCUT2D eigenvalue weighted by atomic mass is 10.3. The van der Waals surface area contributed by atoms with Gasteiger partial charge >= 0.3 is 0 Å². The van der Waals surface area contributed by atoms with Gasteiger partial charge < -0.3 is 5.32 Å². The van der Waals surface area contributed by atoms with Crippen LogP contribution in [0, 0.1) is 18.8 Å². The fourth-order valence-electron chi connectivity index (χ4n) is 1.77. The van der Waals surface area contributed by atoms with Crippen LogP contribution in [0.15, 0.2) is 18.2 Å². The maximum absolute atomic E-state index is 4.45. The molecule has 2 rings (SSSR count). The van der Waals surface area contributed by atoms with Gasteiger partial charge in [0.2, 0.25) is 0 Å². The third-order valence-electron chi connectivity index (χ3n) is 2.93. The largest absolute Gasteiger partial charge is 0.311 e. The Labute approximate surface area is 85.7 Å². The van der Waals surface area contributed by atoms with E-state index in [1.165, 1.54) is 6.42 Å². The first kappa shape index (κ1) is 9.66. The topological polar surface area (TPSA) is 24.9 Å². The Hall–Kier alpha value is -0.890. The number of rotatable bonds is 4. The molecular weight excluding hydrogens is 172 g/mol. The summed E-state index contributed by atoms with van der Waals surface area (Å²) < 4.78 is 0. The first-order valence-electron chi connectivity index (χ1n) is 5.39. The number of aromatic nitrogens is 1. The molecular formula is C12H18N2. The van der Waals surface area contributed by atoms with Crippen LogP contribution in [-0.2, 0) is 6.54 Å². The maximum atomic E-state index is 4.45. The number of pyridine rings is 1. The molecule has 1 aromatic rings. The van der Waals surface area contributed by atoms with Crippen molar-refractivity contribution in [2.45, 2.75) is 26.8 Å². The average molecular weight is 190 g/mol. The standard InChI is InChI=1S/C12H18N2/c1-9-6-11(9)7-13-8-12-5-3-4-10(2)14-12/h3-5,9,11,13H,6-8H2,1-2H3. The Morgan fingerprint density at radius 3 is 2.93 bits per heavy atom. The fraction of sp³-hybridized carbons (Fsp3) is 0.583. The molecule has 0 saturated heterocycles. The molecule has 0 radical (unpaired) electrons. The lowest BCUT2D eigenvalue weighted by Crippen LogP contribution is -2.17. The van der Waals surface area contributed by atoms with Crippen LogP contribution in [0.25, 0.3) is 0 Å². The maximum Gasteiger partial charge on any atom is 0.0544 e. The summed E-state index contributed by atoms with van der Waals surface area (Å²) in [5.74, 6) is 1.85. The molecule has 2 heteroatoms. The highest BCUT2D eigenvalue weighted by molar-refractivity contribution is 5.09. The molecule has 2 atom stereocenters. The van der Waals surface area contributed by atoms with E-state index in [4.69, 9.17) is 0 Å². The van der Waals surface area contributed by atoms with Crippen molar-refractivity contribution < 1.29 is 0 Å². The molecule has 1 heterocycles. The smallest absolute Gasteiger partial charge is 0.0544 e. The predicted molar refractivity (Wildman–Crippen MR) is 58.0 cm³/mol. The van der Waals surface area contributed by atoms with E-state index in [0.717, 1.165) is 36.3 Å². The van der Waals surface area contributed by atoms with Gasteiger partial charge in [-0.15, -0.1) is 0 Å². The monoisotopic (exact) mass is 190 g/mol. The van der Waals surface area contributed by atoms with Crippen LogP contribution in [0.1, 0.15) is 24.7 Å². The molecule has 0 aromatic carbocycles. The van der Waals surface area contributed by atoms with E-state index in [1.54, 1.807) is 0 Å². The van der Waals surface area contributed by atoms with Gasteiger partial charge in [0, 0.05) is 12.2 Å². The highest BCUT2D eigenvalue weighted by Crippen LogP contribution is 2.36. The molecule has 2 unspecified atom stereocenters. The normalized spacial score (nSPS) is 25.0. The molecule has 1 aliphatic rings. The number of aryl methyl sites for hydroxylation is 1. The van der Waals surface area contributed by atoms with Crippen LogP contribution < -0.4 is 5.32 Å². The third kappa shape index (κ3) is 2.55. The first-order chi connectivity index (χ1) is 6.75. The second-order valence-electron chi connectivity index (χ2n) is 4.37. The van der Waals surface area contributed by atoms with Crippen LogP contribution in [0.3, 0.4) is 0 Å². The second kappa shape index (κ2) is 4.09. The van der Waals surface area contributed by atoms with E-state index in [2.05, 4.69) is 29.4 Å². The van der Waals surface area contributed by atoms with Crippen molar-refractivity contribution in [2.24, 2.45) is 11.8 Å². The van der Waals surface area contributed by atoms with Gasteiger partial charge in [-0.1, -0.05) is 13.0 Å². The summed E-state index contributed by atoms with van der Waals surface area (Å²) in [4.78, 5) is 4.45. The van der Waals surface area contributed by atoms with Crippen molar-refractivity contribution in [1.82, 2.24) is 10.3 Å². The van der Waals surface area contributed by atoms with E-state index in [0.29, 0.717) is 0 Å². The van der Waals surface area contributed by atoms with Gasteiger partial charge in [-0.05, 0) is 43.9 Å². The molecule has 1 aromatic heterocycles. The van der Waals surface area contributed by atoms with Crippen molar-refractivity contribution in [3.63, 3.8) is 0 Å². The lowest BCUT2D eigenvalue weighted by Gasteiger charge is -2.03. The van der Waals surface area contributed by atoms with E-state index in [9.17, 15) is 0 Å². The third-order valence-corrected chi connectivity index (χ3v) is 2.93. The zero-order valence-electron chi connectivity index (χ0n) is 8.96. The van der Waals surface area contributed by atoms with Crippen LogP contribution in [0.4, 0.5) is 0 Å². The number of hydrogen-bond acceptors (Lipinski definition) is 2. The molecule has 76 valence electrons. The Morgan fingerprint density at radius 1 is 1.50 bits per heavy atom.